The van der Waals surface area contributed by atoms with E-state index in [1.807, 2.05) is 0 Å². The van der Waals surface area contributed by atoms with Crippen LogP contribution in [0.2, 0.25) is 0 Å². The summed E-state index contributed by atoms with van der Waals surface area (Å²) in [6, 6.07) is 1.22. The lowest BCUT2D eigenvalue weighted by atomic mass is 10.2. The topological polar surface area (TPSA) is 58.6 Å². The molecule has 1 unspecified atom stereocenters. The number of carbonyl (C=O) groups excluding carboxylic acids is 1. The van der Waals surface area contributed by atoms with Gasteiger partial charge in [-0.05, 0) is 18.6 Å². The average molecular weight is 277 g/mol. The molecule has 0 saturated carbocycles. The number of methoxy groups -OCH3 is 1. The minimum absolute atomic E-state index is 0.101. The van der Waals surface area contributed by atoms with Crippen molar-refractivity contribution in [3.63, 3.8) is 0 Å². The van der Waals surface area contributed by atoms with E-state index in [1.165, 1.54) is 7.11 Å². The lowest BCUT2D eigenvalue weighted by molar-refractivity contribution is 0.0587. The predicted molar refractivity (Wildman–Crippen MR) is 61.1 cm³/mol. The number of halogens is 3. The van der Waals surface area contributed by atoms with E-state index >= 15 is 0 Å². The molecule has 0 saturated heterocycles. The third kappa shape index (κ3) is 4.53. The molecule has 0 radical (unpaired) electrons. The van der Waals surface area contributed by atoms with Crippen LogP contribution in [-0.4, -0.2) is 37.4 Å². The van der Waals surface area contributed by atoms with Gasteiger partial charge in [-0.3, -0.25) is 4.79 Å². The van der Waals surface area contributed by atoms with E-state index in [9.17, 15) is 23.1 Å². The van der Waals surface area contributed by atoms with Gasteiger partial charge in [0.1, 0.15) is 0 Å². The van der Waals surface area contributed by atoms with E-state index in [0.29, 0.717) is 12.1 Å². The number of aliphatic hydroxyl groups is 1. The second kappa shape index (κ2) is 7.10. The molecule has 0 fully saturated rings. The molecular formula is C12H14F3NO3. The van der Waals surface area contributed by atoms with Crippen LogP contribution in [0.4, 0.5) is 13.2 Å². The molecule has 0 aliphatic heterocycles. The van der Waals surface area contributed by atoms with Crippen molar-refractivity contribution in [2.75, 3.05) is 20.3 Å². The van der Waals surface area contributed by atoms with Gasteiger partial charge in [0, 0.05) is 19.2 Å². The van der Waals surface area contributed by atoms with Crippen molar-refractivity contribution >= 4 is 5.91 Å². The summed E-state index contributed by atoms with van der Waals surface area (Å²) in [6.45, 7) is 0.222. The number of aliphatic hydroxyl groups excluding tert-OH is 1. The summed E-state index contributed by atoms with van der Waals surface area (Å²) >= 11 is 0. The number of benzene rings is 1. The first-order chi connectivity index (χ1) is 8.95. The fourth-order valence-corrected chi connectivity index (χ4v) is 1.42. The maximum atomic E-state index is 12.9. The van der Waals surface area contributed by atoms with Crippen molar-refractivity contribution < 1.29 is 27.8 Å². The van der Waals surface area contributed by atoms with E-state index in [0.717, 1.165) is 0 Å². The largest absolute Gasteiger partial charge is 0.391 e. The first-order valence-electron chi connectivity index (χ1n) is 5.55. The number of amides is 1. The summed E-state index contributed by atoms with van der Waals surface area (Å²) in [6.07, 6.45) is -0.516. The molecule has 0 heterocycles. The van der Waals surface area contributed by atoms with Crippen molar-refractivity contribution in [1.29, 1.82) is 0 Å². The van der Waals surface area contributed by atoms with Crippen LogP contribution in [0, 0.1) is 17.5 Å². The van der Waals surface area contributed by atoms with Gasteiger partial charge < -0.3 is 15.2 Å². The molecule has 0 aromatic heterocycles. The average Bonchev–Trinajstić information content (AvgIpc) is 2.35. The van der Waals surface area contributed by atoms with Gasteiger partial charge in [-0.15, -0.1) is 0 Å². The van der Waals surface area contributed by atoms with E-state index in [1.54, 1.807) is 0 Å². The smallest absolute Gasteiger partial charge is 0.251 e. The van der Waals surface area contributed by atoms with E-state index in [4.69, 9.17) is 0 Å². The van der Waals surface area contributed by atoms with Gasteiger partial charge >= 0.3 is 0 Å². The second-order valence-corrected chi connectivity index (χ2v) is 3.91. The van der Waals surface area contributed by atoms with Crippen LogP contribution in [0.15, 0.2) is 12.1 Å². The van der Waals surface area contributed by atoms with Gasteiger partial charge in [-0.25, -0.2) is 13.2 Å². The van der Waals surface area contributed by atoms with Crippen LogP contribution in [0.1, 0.15) is 16.8 Å². The molecule has 4 nitrogen and oxygen atoms in total. The maximum Gasteiger partial charge on any atom is 0.251 e. The minimum atomic E-state index is -1.62. The summed E-state index contributed by atoms with van der Waals surface area (Å²) in [4.78, 5) is 11.5. The number of carbonyl (C=O) groups is 1. The van der Waals surface area contributed by atoms with Crippen LogP contribution in [0.3, 0.4) is 0 Å². The highest BCUT2D eigenvalue weighted by Crippen LogP contribution is 2.13. The van der Waals surface area contributed by atoms with Crippen molar-refractivity contribution in [1.82, 2.24) is 5.32 Å². The van der Waals surface area contributed by atoms with Gasteiger partial charge in [-0.2, -0.15) is 0 Å². The Kier molecular flexibility index (Phi) is 5.78. The Balaban J connectivity index is 2.55. The third-order valence-electron chi connectivity index (χ3n) is 2.37. The van der Waals surface area contributed by atoms with E-state index in [-0.39, 0.29) is 25.1 Å². The molecular weight excluding hydrogens is 263 g/mol. The van der Waals surface area contributed by atoms with Crippen molar-refractivity contribution in [2.45, 2.75) is 12.5 Å². The molecule has 0 spiro atoms. The van der Waals surface area contributed by atoms with Gasteiger partial charge in [0.2, 0.25) is 0 Å². The summed E-state index contributed by atoms with van der Waals surface area (Å²) < 4.78 is 43.2. The van der Waals surface area contributed by atoms with Crippen molar-refractivity contribution in [2.24, 2.45) is 0 Å². The Morgan fingerprint density at radius 1 is 1.37 bits per heavy atom. The van der Waals surface area contributed by atoms with Crippen LogP contribution in [0.25, 0.3) is 0 Å². The molecule has 2 N–H and O–H groups in total. The number of hydrogen-bond acceptors (Lipinski definition) is 3. The summed E-state index contributed by atoms with van der Waals surface area (Å²) in [5.41, 5.74) is -0.322. The lowest BCUT2D eigenvalue weighted by Crippen LogP contribution is -2.28. The lowest BCUT2D eigenvalue weighted by Gasteiger charge is -2.10. The molecule has 1 amide bonds. The second-order valence-electron chi connectivity index (χ2n) is 3.91. The zero-order valence-corrected chi connectivity index (χ0v) is 10.3. The quantitative estimate of drug-likeness (QED) is 0.769. The molecule has 0 bridgehead atoms. The maximum absolute atomic E-state index is 12.9. The zero-order chi connectivity index (χ0) is 14.4. The summed E-state index contributed by atoms with van der Waals surface area (Å²) in [5, 5.41) is 11.7. The molecule has 19 heavy (non-hydrogen) atoms. The van der Waals surface area contributed by atoms with Crippen LogP contribution in [0.5, 0.6) is 0 Å². The molecule has 0 aliphatic carbocycles. The molecule has 0 aliphatic rings. The highest BCUT2D eigenvalue weighted by molar-refractivity contribution is 5.94. The zero-order valence-electron chi connectivity index (χ0n) is 10.3. The molecule has 1 atom stereocenters. The predicted octanol–water partition coefficient (Wildman–Crippen LogP) is 1.23. The minimum Gasteiger partial charge on any atom is -0.391 e. The van der Waals surface area contributed by atoms with Gasteiger partial charge in [0.25, 0.3) is 5.91 Å². The van der Waals surface area contributed by atoms with Gasteiger partial charge in [0.05, 0.1) is 12.7 Å². The molecule has 106 valence electrons. The molecule has 1 aromatic rings. The van der Waals surface area contributed by atoms with Crippen LogP contribution >= 0.6 is 0 Å². The summed E-state index contributed by atoms with van der Waals surface area (Å²) in [5.74, 6) is -5.22. The number of ether oxygens (including phenoxy) is 1. The number of hydrogen-bond donors (Lipinski definition) is 2. The van der Waals surface area contributed by atoms with Gasteiger partial charge in [-0.1, -0.05) is 0 Å². The fourth-order valence-electron chi connectivity index (χ4n) is 1.42. The molecule has 7 heteroatoms. The third-order valence-corrected chi connectivity index (χ3v) is 2.37. The highest BCUT2D eigenvalue weighted by atomic mass is 19.2. The van der Waals surface area contributed by atoms with Gasteiger partial charge in [0.15, 0.2) is 17.5 Å². The van der Waals surface area contributed by atoms with Crippen molar-refractivity contribution in [3.8, 4) is 0 Å². The number of nitrogens with one attached hydrogen (secondary N) is 1. The Hall–Kier alpha value is -1.60. The first-order valence-corrected chi connectivity index (χ1v) is 5.55. The van der Waals surface area contributed by atoms with Crippen LogP contribution < -0.4 is 5.32 Å². The summed E-state index contributed by atoms with van der Waals surface area (Å²) in [7, 11) is 1.42. The Morgan fingerprint density at radius 2 is 1.95 bits per heavy atom. The fraction of sp³-hybridized carbons (Fsp3) is 0.417. The number of rotatable bonds is 6. The van der Waals surface area contributed by atoms with Crippen molar-refractivity contribution in [3.05, 3.63) is 35.1 Å². The van der Waals surface area contributed by atoms with E-state index < -0.39 is 29.5 Å². The Morgan fingerprint density at radius 3 is 2.47 bits per heavy atom. The first kappa shape index (κ1) is 15.5. The Labute approximate surface area is 108 Å². The monoisotopic (exact) mass is 277 g/mol. The standard InChI is InChI=1S/C12H14F3NO3/c1-19-6-8(17)2-3-16-12(18)7-4-9(13)11(15)10(14)5-7/h4-5,8,17H,2-3,6H2,1H3,(H,16,18). The highest BCUT2D eigenvalue weighted by Gasteiger charge is 2.15. The SMILES string of the molecule is COCC(O)CCNC(=O)c1cc(F)c(F)c(F)c1. The normalized spacial score (nSPS) is 12.3. The van der Waals surface area contributed by atoms with E-state index in [2.05, 4.69) is 10.1 Å². The Bertz CT molecular complexity index is 431. The molecule has 1 rings (SSSR count). The molecule has 1 aromatic carbocycles. The van der Waals surface area contributed by atoms with Crippen LogP contribution in [-0.2, 0) is 4.74 Å².